The SMILES string of the molecule is CCC(C)(C)n1[nH]c(=O)n(C(C)(C)C)c1=O. The number of nitrogens with one attached hydrogen (secondary N) is 1. The second kappa shape index (κ2) is 3.64. The molecule has 5 heteroatoms. The Morgan fingerprint density at radius 2 is 1.62 bits per heavy atom. The average molecular weight is 227 g/mol. The lowest BCUT2D eigenvalue weighted by Gasteiger charge is -2.23. The number of nitrogens with zero attached hydrogens (tertiary/aromatic N) is 2. The maximum atomic E-state index is 12.1. The molecule has 0 fully saturated rings. The fourth-order valence-electron chi connectivity index (χ4n) is 1.54. The van der Waals surface area contributed by atoms with E-state index in [4.69, 9.17) is 0 Å². The van der Waals surface area contributed by atoms with Crippen molar-refractivity contribution in [3.8, 4) is 0 Å². The molecule has 16 heavy (non-hydrogen) atoms. The fraction of sp³-hybridized carbons (Fsp3) is 0.818. The van der Waals surface area contributed by atoms with Crippen molar-refractivity contribution in [2.45, 2.75) is 59.0 Å². The summed E-state index contributed by atoms with van der Waals surface area (Å²) in [7, 11) is 0. The second-order valence-corrected chi connectivity index (χ2v) is 5.71. The van der Waals surface area contributed by atoms with Crippen LogP contribution >= 0.6 is 0 Å². The normalized spacial score (nSPS) is 13.1. The molecule has 5 nitrogen and oxygen atoms in total. The van der Waals surface area contributed by atoms with E-state index in [0.29, 0.717) is 0 Å². The van der Waals surface area contributed by atoms with Crippen molar-refractivity contribution >= 4 is 0 Å². The summed E-state index contributed by atoms with van der Waals surface area (Å²) in [6.45, 7) is 11.4. The van der Waals surface area contributed by atoms with Gasteiger partial charge in [0.1, 0.15) is 0 Å². The van der Waals surface area contributed by atoms with Crippen LogP contribution in [0.25, 0.3) is 0 Å². The molecule has 1 aromatic heterocycles. The molecule has 0 radical (unpaired) electrons. The Hall–Kier alpha value is -1.26. The van der Waals surface area contributed by atoms with Crippen molar-refractivity contribution in [3.63, 3.8) is 0 Å². The second-order valence-electron chi connectivity index (χ2n) is 5.71. The van der Waals surface area contributed by atoms with Gasteiger partial charge in [0.15, 0.2) is 0 Å². The Bertz CT molecular complexity index is 483. The summed E-state index contributed by atoms with van der Waals surface area (Å²) in [5.74, 6) is 0. The molecule has 0 atom stereocenters. The van der Waals surface area contributed by atoms with Crippen molar-refractivity contribution in [2.24, 2.45) is 0 Å². The highest BCUT2D eigenvalue weighted by atomic mass is 16.2. The van der Waals surface area contributed by atoms with Crippen molar-refractivity contribution in [3.05, 3.63) is 21.0 Å². The predicted octanol–water partition coefficient (Wildman–Crippen LogP) is 1.24. The van der Waals surface area contributed by atoms with Gasteiger partial charge in [0, 0.05) is 5.54 Å². The van der Waals surface area contributed by atoms with Gasteiger partial charge in [-0.1, -0.05) is 6.92 Å². The molecule has 0 aliphatic heterocycles. The maximum Gasteiger partial charge on any atom is 0.347 e. The van der Waals surface area contributed by atoms with E-state index >= 15 is 0 Å². The van der Waals surface area contributed by atoms with Crippen LogP contribution in [-0.4, -0.2) is 14.3 Å². The topological polar surface area (TPSA) is 59.8 Å². The molecule has 1 N–H and O–H groups in total. The van der Waals surface area contributed by atoms with Crippen LogP contribution in [-0.2, 0) is 11.1 Å². The Morgan fingerprint density at radius 3 is 1.94 bits per heavy atom. The summed E-state index contributed by atoms with van der Waals surface area (Å²) in [5, 5.41) is 2.62. The Balaban J connectivity index is 3.52. The highest BCUT2D eigenvalue weighted by Crippen LogP contribution is 2.15. The maximum absolute atomic E-state index is 12.1. The minimum Gasteiger partial charge on any atom is -0.246 e. The third kappa shape index (κ3) is 1.99. The lowest BCUT2D eigenvalue weighted by Crippen LogP contribution is -2.43. The molecule has 0 aliphatic rings. The third-order valence-electron chi connectivity index (χ3n) is 2.93. The zero-order chi connectivity index (χ0) is 12.7. The quantitative estimate of drug-likeness (QED) is 0.826. The van der Waals surface area contributed by atoms with Crippen molar-refractivity contribution in [1.29, 1.82) is 0 Å². The summed E-state index contributed by atoms with van der Waals surface area (Å²) in [4.78, 5) is 23.9. The first-order valence-corrected chi connectivity index (χ1v) is 5.56. The van der Waals surface area contributed by atoms with Gasteiger partial charge in [-0.2, -0.15) is 0 Å². The van der Waals surface area contributed by atoms with E-state index in [9.17, 15) is 9.59 Å². The highest BCUT2D eigenvalue weighted by molar-refractivity contribution is 4.85. The lowest BCUT2D eigenvalue weighted by molar-refractivity contribution is 0.287. The molecule has 0 aromatic carbocycles. The molecule has 92 valence electrons. The van der Waals surface area contributed by atoms with Gasteiger partial charge in [-0.05, 0) is 41.0 Å². The van der Waals surface area contributed by atoms with Crippen LogP contribution in [0.15, 0.2) is 9.59 Å². The number of hydrogen-bond donors (Lipinski definition) is 1. The van der Waals surface area contributed by atoms with E-state index in [1.165, 1.54) is 9.25 Å². The molecular weight excluding hydrogens is 206 g/mol. The Kier molecular flexibility index (Phi) is 2.92. The summed E-state index contributed by atoms with van der Waals surface area (Å²) < 4.78 is 2.67. The monoisotopic (exact) mass is 227 g/mol. The first-order chi connectivity index (χ1) is 7.11. The summed E-state index contributed by atoms with van der Waals surface area (Å²) >= 11 is 0. The minimum absolute atomic E-state index is 0.274. The van der Waals surface area contributed by atoms with E-state index in [2.05, 4.69) is 5.10 Å². The average Bonchev–Trinajstić information content (AvgIpc) is 2.41. The molecule has 0 spiro atoms. The molecule has 1 rings (SSSR count). The lowest BCUT2D eigenvalue weighted by atomic mass is 10.0. The van der Waals surface area contributed by atoms with Crippen LogP contribution in [0, 0.1) is 0 Å². The molecule has 1 heterocycles. The van der Waals surface area contributed by atoms with E-state index in [1.807, 2.05) is 41.5 Å². The number of H-pyrrole nitrogens is 1. The first kappa shape index (κ1) is 12.8. The first-order valence-electron chi connectivity index (χ1n) is 5.56. The molecule has 0 saturated heterocycles. The van der Waals surface area contributed by atoms with Crippen LogP contribution < -0.4 is 11.4 Å². The van der Waals surface area contributed by atoms with Gasteiger partial charge in [-0.3, -0.25) is 0 Å². The van der Waals surface area contributed by atoms with Gasteiger partial charge in [-0.25, -0.2) is 23.9 Å². The van der Waals surface area contributed by atoms with Crippen molar-refractivity contribution < 1.29 is 0 Å². The molecule has 0 saturated carbocycles. The predicted molar refractivity (Wildman–Crippen MR) is 63.9 cm³/mol. The minimum atomic E-state index is -0.500. The van der Waals surface area contributed by atoms with Crippen LogP contribution in [0.5, 0.6) is 0 Å². The molecule has 0 amide bonds. The smallest absolute Gasteiger partial charge is 0.246 e. The summed E-state index contributed by atoms with van der Waals surface area (Å²) in [6.07, 6.45) is 0.775. The highest BCUT2D eigenvalue weighted by Gasteiger charge is 2.27. The van der Waals surface area contributed by atoms with Gasteiger partial charge in [0.25, 0.3) is 0 Å². The van der Waals surface area contributed by atoms with E-state index in [0.717, 1.165) is 6.42 Å². The van der Waals surface area contributed by atoms with Crippen LogP contribution in [0.1, 0.15) is 48.0 Å². The van der Waals surface area contributed by atoms with E-state index < -0.39 is 5.54 Å². The van der Waals surface area contributed by atoms with Gasteiger partial charge in [-0.15, -0.1) is 0 Å². The van der Waals surface area contributed by atoms with Crippen LogP contribution in [0.3, 0.4) is 0 Å². The van der Waals surface area contributed by atoms with E-state index in [-0.39, 0.29) is 16.9 Å². The summed E-state index contributed by atoms with van der Waals surface area (Å²) in [5.41, 5.74) is -1.49. The Morgan fingerprint density at radius 1 is 1.12 bits per heavy atom. The molecular formula is C11H21N3O2. The molecule has 0 unspecified atom stereocenters. The summed E-state index contributed by atoms with van der Waals surface area (Å²) in [6, 6.07) is 0. The van der Waals surface area contributed by atoms with Crippen molar-refractivity contribution in [1.82, 2.24) is 14.3 Å². The van der Waals surface area contributed by atoms with Crippen molar-refractivity contribution in [2.75, 3.05) is 0 Å². The fourth-order valence-corrected chi connectivity index (χ4v) is 1.54. The number of aromatic nitrogens is 3. The van der Waals surface area contributed by atoms with Crippen LogP contribution in [0.2, 0.25) is 0 Å². The van der Waals surface area contributed by atoms with Gasteiger partial charge in [0.05, 0.1) is 5.54 Å². The van der Waals surface area contributed by atoms with E-state index in [1.54, 1.807) is 0 Å². The molecule has 0 aliphatic carbocycles. The van der Waals surface area contributed by atoms with Crippen LogP contribution in [0.4, 0.5) is 0 Å². The number of aromatic amines is 1. The largest absolute Gasteiger partial charge is 0.347 e. The zero-order valence-corrected chi connectivity index (χ0v) is 10.9. The third-order valence-corrected chi connectivity index (χ3v) is 2.93. The number of hydrogen-bond acceptors (Lipinski definition) is 2. The number of rotatable bonds is 2. The molecule has 0 bridgehead atoms. The standard InChI is InChI=1S/C11H21N3O2/c1-7-11(5,6)14-9(16)13(8(15)12-14)10(2,3)4/h7H2,1-6H3,(H,12,15). The Labute approximate surface area is 95.1 Å². The van der Waals surface area contributed by atoms with Gasteiger partial charge >= 0.3 is 11.4 Å². The van der Waals surface area contributed by atoms with Gasteiger partial charge in [0.2, 0.25) is 0 Å². The zero-order valence-electron chi connectivity index (χ0n) is 10.9. The van der Waals surface area contributed by atoms with Gasteiger partial charge < -0.3 is 0 Å². The molecule has 1 aromatic rings.